The van der Waals surface area contributed by atoms with Crippen molar-refractivity contribution in [3.63, 3.8) is 0 Å². The number of benzene rings is 1. The normalized spacial score (nSPS) is 12.5. The van der Waals surface area contributed by atoms with Gasteiger partial charge in [-0.05, 0) is 31.0 Å². The van der Waals surface area contributed by atoms with E-state index in [0.29, 0.717) is 24.7 Å². The SMILES string of the molecule is CCCC(OCC)c1noc(Cc2ccc(O)cc2)n1. The Labute approximate surface area is 118 Å². The van der Waals surface area contributed by atoms with Crippen molar-refractivity contribution in [3.05, 3.63) is 41.5 Å². The van der Waals surface area contributed by atoms with Crippen LogP contribution in [0.15, 0.2) is 28.8 Å². The highest BCUT2D eigenvalue weighted by Gasteiger charge is 2.17. The molecule has 20 heavy (non-hydrogen) atoms. The maximum Gasteiger partial charge on any atom is 0.231 e. The van der Waals surface area contributed by atoms with Gasteiger partial charge in [-0.15, -0.1) is 0 Å². The molecule has 108 valence electrons. The van der Waals surface area contributed by atoms with Crippen molar-refractivity contribution in [3.8, 4) is 5.75 Å². The van der Waals surface area contributed by atoms with E-state index in [9.17, 15) is 5.11 Å². The maximum atomic E-state index is 9.25. The number of aromatic nitrogens is 2. The zero-order valence-corrected chi connectivity index (χ0v) is 11.9. The Morgan fingerprint density at radius 3 is 2.65 bits per heavy atom. The van der Waals surface area contributed by atoms with Crippen molar-refractivity contribution >= 4 is 0 Å². The Kier molecular flexibility index (Phi) is 5.12. The predicted octanol–water partition coefficient (Wildman–Crippen LogP) is 3.24. The third-order valence-corrected chi connectivity index (χ3v) is 2.98. The third kappa shape index (κ3) is 3.81. The van der Waals surface area contributed by atoms with Gasteiger partial charge in [0.2, 0.25) is 11.7 Å². The highest BCUT2D eigenvalue weighted by molar-refractivity contribution is 5.27. The highest BCUT2D eigenvalue weighted by Crippen LogP contribution is 2.21. The number of nitrogens with zero attached hydrogens (tertiary/aromatic N) is 2. The van der Waals surface area contributed by atoms with Crippen molar-refractivity contribution in [2.24, 2.45) is 0 Å². The molecule has 1 unspecified atom stereocenters. The minimum absolute atomic E-state index is 0.0951. The van der Waals surface area contributed by atoms with E-state index in [-0.39, 0.29) is 11.9 Å². The molecule has 0 amide bonds. The first kappa shape index (κ1) is 14.5. The molecule has 0 saturated carbocycles. The van der Waals surface area contributed by atoms with Gasteiger partial charge in [-0.1, -0.05) is 30.6 Å². The molecule has 1 atom stereocenters. The van der Waals surface area contributed by atoms with Crippen molar-refractivity contribution < 1.29 is 14.4 Å². The van der Waals surface area contributed by atoms with Crippen molar-refractivity contribution in [1.29, 1.82) is 0 Å². The van der Waals surface area contributed by atoms with Gasteiger partial charge in [0.1, 0.15) is 11.9 Å². The summed E-state index contributed by atoms with van der Waals surface area (Å²) in [5.74, 6) is 1.42. The fraction of sp³-hybridized carbons (Fsp3) is 0.467. The zero-order valence-electron chi connectivity index (χ0n) is 11.9. The summed E-state index contributed by atoms with van der Waals surface area (Å²) < 4.78 is 10.9. The van der Waals surface area contributed by atoms with Gasteiger partial charge in [0, 0.05) is 6.61 Å². The topological polar surface area (TPSA) is 68.4 Å². The standard InChI is InChI=1S/C15H20N2O3/c1-3-5-13(19-4-2)15-16-14(20-17-15)10-11-6-8-12(18)9-7-11/h6-9,13,18H,3-5,10H2,1-2H3. The number of hydrogen-bond donors (Lipinski definition) is 1. The van der Waals surface area contributed by atoms with E-state index in [0.717, 1.165) is 18.4 Å². The van der Waals surface area contributed by atoms with Crippen LogP contribution in [0.25, 0.3) is 0 Å². The van der Waals surface area contributed by atoms with Crippen LogP contribution in [0.2, 0.25) is 0 Å². The fourth-order valence-electron chi connectivity index (χ4n) is 2.01. The Hall–Kier alpha value is -1.88. The molecule has 1 heterocycles. The van der Waals surface area contributed by atoms with Crippen molar-refractivity contribution in [1.82, 2.24) is 10.1 Å². The average molecular weight is 276 g/mol. The molecule has 5 nitrogen and oxygen atoms in total. The Morgan fingerprint density at radius 1 is 1.25 bits per heavy atom. The maximum absolute atomic E-state index is 9.25. The van der Waals surface area contributed by atoms with Crippen LogP contribution in [0.1, 0.15) is 50.1 Å². The lowest BCUT2D eigenvalue weighted by molar-refractivity contribution is 0.0478. The zero-order chi connectivity index (χ0) is 14.4. The first-order chi connectivity index (χ1) is 9.72. The number of phenols is 1. The quantitative estimate of drug-likeness (QED) is 0.840. The summed E-state index contributed by atoms with van der Waals surface area (Å²) in [6.45, 7) is 4.69. The van der Waals surface area contributed by atoms with Gasteiger partial charge in [0.25, 0.3) is 0 Å². The molecule has 0 aliphatic heterocycles. The van der Waals surface area contributed by atoms with Crippen LogP contribution in [-0.2, 0) is 11.2 Å². The van der Waals surface area contributed by atoms with Gasteiger partial charge in [-0.2, -0.15) is 4.98 Å². The molecule has 1 aromatic heterocycles. The Morgan fingerprint density at radius 2 is 2.00 bits per heavy atom. The molecule has 0 radical (unpaired) electrons. The molecule has 5 heteroatoms. The molecule has 0 fully saturated rings. The number of phenolic OH excluding ortho intramolecular Hbond substituents is 1. The molecule has 0 spiro atoms. The lowest BCUT2D eigenvalue weighted by Gasteiger charge is -2.11. The van der Waals surface area contributed by atoms with Crippen LogP contribution in [-0.4, -0.2) is 21.9 Å². The molecule has 1 aromatic carbocycles. The summed E-state index contributed by atoms with van der Waals surface area (Å²) in [5.41, 5.74) is 1.02. The summed E-state index contributed by atoms with van der Waals surface area (Å²) >= 11 is 0. The lowest BCUT2D eigenvalue weighted by atomic mass is 10.1. The van der Waals surface area contributed by atoms with E-state index in [1.165, 1.54) is 0 Å². The average Bonchev–Trinajstić information content (AvgIpc) is 2.90. The number of hydrogen-bond acceptors (Lipinski definition) is 5. The molecule has 0 saturated heterocycles. The first-order valence-corrected chi connectivity index (χ1v) is 6.95. The van der Waals surface area contributed by atoms with Gasteiger partial charge in [-0.25, -0.2) is 0 Å². The van der Waals surface area contributed by atoms with Crippen molar-refractivity contribution in [2.75, 3.05) is 6.61 Å². The molecule has 2 rings (SSSR count). The van der Waals surface area contributed by atoms with Gasteiger partial charge in [0.15, 0.2) is 0 Å². The molecule has 0 aliphatic carbocycles. The summed E-state index contributed by atoms with van der Waals surface area (Å²) in [6.07, 6.45) is 2.35. The fourth-order valence-corrected chi connectivity index (χ4v) is 2.01. The number of rotatable bonds is 7. The van der Waals surface area contributed by atoms with E-state index in [1.807, 2.05) is 19.1 Å². The van der Waals surface area contributed by atoms with E-state index in [1.54, 1.807) is 12.1 Å². The van der Waals surface area contributed by atoms with E-state index in [4.69, 9.17) is 9.26 Å². The second kappa shape index (κ2) is 7.05. The second-order valence-corrected chi connectivity index (χ2v) is 4.62. The van der Waals surface area contributed by atoms with Crippen LogP contribution in [0.3, 0.4) is 0 Å². The summed E-state index contributed by atoms with van der Waals surface area (Å²) in [6, 6.07) is 6.97. The minimum Gasteiger partial charge on any atom is -0.508 e. The van der Waals surface area contributed by atoms with Gasteiger partial charge >= 0.3 is 0 Å². The number of aromatic hydroxyl groups is 1. The predicted molar refractivity (Wildman–Crippen MR) is 74.5 cm³/mol. The molecule has 1 N–H and O–H groups in total. The summed E-state index contributed by atoms with van der Waals surface area (Å²) in [4.78, 5) is 4.40. The van der Waals surface area contributed by atoms with Gasteiger partial charge < -0.3 is 14.4 Å². The summed E-state index contributed by atoms with van der Waals surface area (Å²) in [7, 11) is 0. The Balaban J connectivity index is 2.05. The van der Waals surface area contributed by atoms with E-state index in [2.05, 4.69) is 17.1 Å². The van der Waals surface area contributed by atoms with Crippen LogP contribution >= 0.6 is 0 Å². The van der Waals surface area contributed by atoms with Gasteiger partial charge in [0.05, 0.1) is 6.42 Å². The molecule has 0 aliphatic rings. The number of ether oxygens (including phenoxy) is 1. The van der Waals surface area contributed by atoms with E-state index < -0.39 is 0 Å². The van der Waals surface area contributed by atoms with Crippen molar-refractivity contribution in [2.45, 2.75) is 39.2 Å². The monoisotopic (exact) mass is 276 g/mol. The minimum atomic E-state index is -0.0951. The largest absolute Gasteiger partial charge is 0.508 e. The van der Waals surface area contributed by atoms with Gasteiger partial charge in [-0.3, -0.25) is 0 Å². The highest BCUT2D eigenvalue weighted by atomic mass is 16.5. The lowest BCUT2D eigenvalue weighted by Crippen LogP contribution is -2.06. The molecular weight excluding hydrogens is 256 g/mol. The first-order valence-electron chi connectivity index (χ1n) is 6.95. The Bertz CT molecular complexity index is 516. The molecule has 2 aromatic rings. The van der Waals surface area contributed by atoms with Crippen LogP contribution in [0, 0.1) is 0 Å². The van der Waals surface area contributed by atoms with Crippen LogP contribution < -0.4 is 0 Å². The molecule has 0 bridgehead atoms. The smallest absolute Gasteiger partial charge is 0.231 e. The summed E-state index contributed by atoms with van der Waals surface area (Å²) in [5, 5.41) is 13.3. The van der Waals surface area contributed by atoms with Crippen LogP contribution in [0.4, 0.5) is 0 Å². The van der Waals surface area contributed by atoms with E-state index >= 15 is 0 Å². The second-order valence-electron chi connectivity index (χ2n) is 4.62. The molecular formula is C15H20N2O3. The van der Waals surface area contributed by atoms with Crippen LogP contribution in [0.5, 0.6) is 5.75 Å². The third-order valence-electron chi connectivity index (χ3n) is 2.98.